The van der Waals surface area contributed by atoms with E-state index < -0.39 is 15.1 Å². The Bertz CT molecular complexity index is 804. The normalized spacial score (nSPS) is 24.0. The van der Waals surface area contributed by atoms with E-state index in [1.807, 2.05) is 24.3 Å². The molecule has 2 aromatic carbocycles. The highest BCUT2D eigenvalue weighted by Crippen LogP contribution is 2.54. The fourth-order valence-electron chi connectivity index (χ4n) is 2.86. The zero-order chi connectivity index (χ0) is 15.9. The second kappa shape index (κ2) is 5.76. The van der Waals surface area contributed by atoms with Crippen LogP contribution in [-0.2, 0) is 9.84 Å². The van der Waals surface area contributed by atoms with Gasteiger partial charge in [0.25, 0.3) is 0 Å². The van der Waals surface area contributed by atoms with Crippen molar-refractivity contribution in [2.45, 2.75) is 16.1 Å². The van der Waals surface area contributed by atoms with Crippen LogP contribution < -0.4 is 5.73 Å². The van der Waals surface area contributed by atoms with Crippen LogP contribution in [0.25, 0.3) is 0 Å². The van der Waals surface area contributed by atoms with Crippen molar-refractivity contribution >= 4 is 43.0 Å². The molecule has 3 rings (SSSR count). The van der Waals surface area contributed by atoms with Crippen LogP contribution in [0.15, 0.2) is 64.0 Å². The number of thiocarbonyl (C=S) groups is 1. The summed E-state index contributed by atoms with van der Waals surface area (Å²) in [6, 6.07) is 16.1. The molecule has 3 atom stereocenters. The molecular formula is C16H14BrNO2S2. The van der Waals surface area contributed by atoms with E-state index >= 15 is 0 Å². The molecule has 1 aliphatic rings. The van der Waals surface area contributed by atoms with Crippen LogP contribution in [-0.4, -0.2) is 18.7 Å². The predicted octanol–water partition coefficient (Wildman–Crippen LogP) is 3.29. The van der Waals surface area contributed by atoms with Gasteiger partial charge < -0.3 is 5.73 Å². The van der Waals surface area contributed by atoms with Crippen LogP contribution in [0.1, 0.15) is 11.5 Å². The summed E-state index contributed by atoms with van der Waals surface area (Å²) in [5.41, 5.74) is 6.73. The second-order valence-corrected chi connectivity index (χ2v) is 8.82. The fraction of sp³-hybridized carbons (Fsp3) is 0.188. The van der Waals surface area contributed by atoms with Crippen molar-refractivity contribution < 1.29 is 8.42 Å². The molecular weight excluding hydrogens is 382 g/mol. The molecule has 2 aromatic rings. The van der Waals surface area contributed by atoms with Gasteiger partial charge in [-0.1, -0.05) is 58.5 Å². The third-order valence-electron chi connectivity index (χ3n) is 3.97. The van der Waals surface area contributed by atoms with Gasteiger partial charge in [0.15, 0.2) is 9.84 Å². The largest absolute Gasteiger partial charge is 0.393 e. The average Bonchev–Trinajstić information content (AvgIpc) is 3.25. The number of sulfone groups is 1. The molecule has 0 saturated heterocycles. The predicted molar refractivity (Wildman–Crippen MR) is 94.6 cm³/mol. The van der Waals surface area contributed by atoms with Gasteiger partial charge in [0.05, 0.1) is 15.1 Å². The van der Waals surface area contributed by atoms with E-state index in [4.69, 9.17) is 18.0 Å². The van der Waals surface area contributed by atoms with Crippen LogP contribution in [0.4, 0.5) is 0 Å². The maximum Gasteiger partial charge on any atom is 0.182 e. The van der Waals surface area contributed by atoms with E-state index in [2.05, 4.69) is 15.9 Å². The Hall–Kier alpha value is -1.24. The minimum absolute atomic E-state index is 0.171. The van der Waals surface area contributed by atoms with E-state index in [9.17, 15) is 8.42 Å². The first-order valence-corrected chi connectivity index (χ1v) is 9.51. The smallest absolute Gasteiger partial charge is 0.182 e. The summed E-state index contributed by atoms with van der Waals surface area (Å²) in [6.07, 6.45) is 0. The first-order valence-electron chi connectivity index (χ1n) is 6.76. The molecule has 1 aliphatic carbocycles. The summed E-state index contributed by atoms with van der Waals surface area (Å²) >= 11 is 8.47. The first-order chi connectivity index (χ1) is 10.4. The van der Waals surface area contributed by atoms with E-state index in [0.29, 0.717) is 4.90 Å². The van der Waals surface area contributed by atoms with E-state index in [1.54, 1.807) is 30.3 Å². The highest BCUT2D eigenvalue weighted by atomic mass is 79.9. The lowest BCUT2D eigenvalue weighted by atomic mass is 10.1. The molecule has 0 bridgehead atoms. The fourth-order valence-corrected chi connectivity index (χ4v) is 5.68. The molecule has 0 amide bonds. The Labute approximate surface area is 143 Å². The third kappa shape index (κ3) is 2.71. The summed E-state index contributed by atoms with van der Waals surface area (Å²) in [5, 5.41) is -0.575. The minimum Gasteiger partial charge on any atom is -0.393 e. The van der Waals surface area contributed by atoms with Crippen molar-refractivity contribution in [3.8, 4) is 0 Å². The van der Waals surface area contributed by atoms with Gasteiger partial charge in [-0.2, -0.15) is 0 Å². The summed E-state index contributed by atoms with van der Waals surface area (Å²) in [4.78, 5) is 0.582. The topological polar surface area (TPSA) is 60.2 Å². The molecule has 0 spiro atoms. The van der Waals surface area contributed by atoms with Crippen molar-refractivity contribution in [2.24, 2.45) is 11.7 Å². The van der Waals surface area contributed by atoms with Crippen LogP contribution in [0.5, 0.6) is 0 Å². The molecule has 2 N–H and O–H groups in total. The molecule has 0 heterocycles. The standard InChI is InChI=1S/C16H14BrNO2S2/c17-11-8-6-10(7-9-11)13-14(16(18)21)15(13)22(19,20)12-4-2-1-3-5-12/h1-9,13-15H,(H2,18,21). The van der Waals surface area contributed by atoms with Crippen molar-refractivity contribution in [1.82, 2.24) is 0 Å². The molecule has 0 radical (unpaired) electrons. The number of halogens is 1. The summed E-state index contributed by atoms with van der Waals surface area (Å²) in [6.45, 7) is 0. The third-order valence-corrected chi connectivity index (χ3v) is 7.00. The van der Waals surface area contributed by atoms with Crippen LogP contribution in [0.2, 0.25) is 0 Å². The summed E-state index contributed by atoms with van der Waals surface area (Å²) < 4.78 is 26.6. The SMILES string of the molecule is NC(=S)C1C(c2ccc(Br)cc2)C1S(=O)(=O)c1ccccc1. The van der Waals surface area contributed by atoms with Gasteiger partial charge in [-0.05, 0) is 29.8 Å². The van der Waals surface area contributed by atoms with E-state index in [-0.39, 0.29) is 16.8 Å². The van der Waals surface area contributed by atoms with Gasteiger partial charge in [-0.25, -0.2) is 8.42 Å². The first kappa shape index (κ1) is 15.6. The molecule has 22 heavy (non-hydrogen) atoms. The number of hydrogen-bond donors (Lipinski definition) is 1. The lowest BCUT2D eigenvalue weighted by Gasteiger charge is -2.04. The van der Waals surface area contributed by atoms with Gasteiger partial charge in [-0.3, -0.25) is 0 Å². The summed E-state index contributed by atoms with van der Waals surface area (Å²) in [5.74, 6) is -0.475. The summed E-state index contributed by atoms with van der Waals surface area (Å²) in [7, 11) is -3.45. The minimum atomic E-state index is -3.45. The number of nitrogens with two attached hydrogens (primary N) is 1. The monoisotopic (exact) mass is 395 g/mol. The van der Waals surface area contributed by atoms with Crippen LogP contribution >= 0.6 is 28.1 Å². The van der Waals surface area contributed by atoms with Crippen molar-refractivity contribution in [1.29, 1.82) is 0 Å². The Morgan fingerprint density at radius 1 is 1.05 bits per heavy atom. The molecule has 1 fully saturated rings. The maximum atomic E-state index is 12.8. The number of rotatable bonds is 4. The Kier molecular flexibility index (Phi) is 4.09. The van der Waals surface area contributed by atoms with Crippen LogP contribution in [0.3, 0.4) is 0 Å². The molecule has 6 heteroatoms. The zero-order valence-electron chi connectivity index (χ0n) is 11.5. The molecule has 1 saturated carbocycles. The van der Waals surface area contributed by atoms with Gasteiger partial charge in [0.2, 0.25) is 0 Å². The van der Waals surface area contributed by atoms with E-state index in [0.717, 1.165) is 10.0 Å². The quantitative estimate of drug-likeness (QED) is 0.806. The lowest BCUT2D eigenvalue weighted by molar-refractivity contribution is 0.593. The van der Waals surface area contributed by atoms with Gasteiger partial charge in [0.1, 0.15) is 0 Å². The average molecular weight is 396 g/mol. The molecule has 3 nitrogen and oxygen atoms in total. The molecule has 3 unspecified atom stereocenters. The van der Waals surface area contributed by atoms with Gasteiger partial charge >= 0.3 is 0 Å². The maximum absolute atomic E-state index is 12.8. The lowest BCUT2D eigenvalue weighted by Crippen LogP contribution is -2.17. The molecule has 0 aliphatic heterocycles. The Morgan fingerprint density at radius 3 is 2.18 bits per heavy atom. The molecule has 114 valence electrons. The van der Waals surface area contributed by atoms with Crippen molar-refractivity contribution in [2.75, 3.05) is 0 Å². The van der Waals surface area contributed by atoms with E-state index in [1.165, 1.54) is 0 Å². The van der Waals surface area contributed by atoms with Crippen molar-refractivity contribution in [3.63, 3.8) is 0 Å². The van der Waals surface area contributed by atoms with Gasteiger partial charge in [-0.15, -0.1) is 0 Å². The van der Waals surface area contributed by atoms with Crippen LogP contribution in [0, 0.1) is 5.92 Å². The highest BCUT2D eigenvalue weighted by molar-refractivity contribution is 9.10. The number of hydrogen-bond acceptors (Lipinski definition) is 3. The Balaban J connectivity index is 1.99. The Morgan fingerprint density at radius 2 is 1.64 bits per heavy atom. The zero-order valence-corrected chi connectivity index (χ0v) is 14.7. The highest BCUT2D eigenvalue weighted by Gasteiger charge is 2.60. The number of benzene rings is 2. The van der Waals surface area contributed by atoms with Crippen molar-refractivity contribution in [3.05, 3.63) is 64.6 Å². The molecule has 0 aromatic heterocycles. The second-order valence-electron chi connectivity index (χ2n) is 5.33. The van der Waals surface area contributed by atoms with Gasteiger partial charge in [0, 0.05) is 16.3 Å².